The normalized spacial score (nSPS) is 12.1. The second-order valence-electron chi connectivity index (χ2n) is 8.67. The SMILES string of the molecule is CNC(=O)[C@H](Cc1ccc(N=Nc2c(C)nn(C)c2C)cc1)NC(=O)c1ccc(OC(C)C)c(Cl)c1. The smallest absolute Gasteiger partial charge is 0.251 e. The lowest BCUT2D eigenvalue weighted by molar-refractivity contribution is -0.122. The molecule has 2 N–H and O–H groups in total. The van der Waals surface area contributed by atoms with Crippen molar-refractivity contribution < 1.29 is 14.3 Å². The van der Waals surface area contributed by atoms with Crippen molar-refractivity contribution in [2.75, 3.05) is 7.05 Å². The number of ether oxygens (including phenoxy) is 1. The van der Waals surface area contributed by atoms with E-state index in [-0.39, 0.29) is 12.0 Å². The summed E-state index contributed by atoms with van der Waals surface area (Å²) in [6, 6.07) is 11.4. The molecule has 0 aliphatic rings. The fraction of sp³-hybridized carbons (Fsp3) is 0.346. The number of benzene rings is 2. The Kier molecular flexibility index (Phi) is 8.82. The molecular formula is C26H31ClN6O3. The maximum absolute atomic E-state index is 12.9. The Hall–Kier alpha value is -3.72. The zero-order valence-corrected chi connectivity index (χ0v) is 22.1. The number of hydrogen-bond donors (Lipinski definition) is 2. The van der Waals surface area contributed by atoms with Gasteiger partial charge in [0.15, 0.2) is 0 Å². The van der Waals surface area contributed by atoms with Gasteiger partial charge in [0.05, 0.1) is 28.2 Å². The number of nitrogens with zero attached hydrogens (tertiary/aromatic N) is 4. The molecule has 0 saturated carbocycles. The van der Waals surface area contributed by atoms with Gasteiger partial charge in [-0.3, -0.25) is 14.3 Å². The zero-order valence-electron chi connectivity index (χ0n) is 21.3. The number of nitrogens with one attached hydrogen (secondary N) is 2. The van der Waals surface area contributed by atoms with Crippen molar-refractivity contribution in [1.82, 2.24) is 20.4 Å². The van der Waals surface area contributed by atoms with E-state index in [0.717, 1.165) is 22.6 Å². The molecule has 2 aromatic carbocycles. The van der Waals surface area contributed by atoms with Crippen LogP contribution in [0.2, 0.25) is 5.02 Å². The minimum Gasteiger partial charge on any atom is -0.489 e. The molecule has 190 valence electrons. The van der Waals surface area contributed by atoms with Crippen LogP contribution in [0, 0.1) is 13.8 Å². The van der Waals surface area contributed by atoms with Crippen LogP contribution >= 0.6 is 11.6 Å². The van der Waals surface area contributed by atoms with Crippen molar-refractivity contribution in [2.24, 2.45) is 17.3 Å². The van der Waals surface area contributed by atoms with Crippen LogP contribution in [0.25, 0.3) is 0 Å². The van der Waals surface area contributed by atoms with Crippen molar-refractivity contribution in [3.05, 3.63) is 70.0 Å². The third-order valence-electron chi connectivity index (χ3n) is 5.54. The van der Waals surface area contributed by atoms with Gasteiger partial charge in [-0.2, -0.15) is 10.2 Å². The van der Waals surface area contributed by atoms with Gasteiger partial charge in [0.1, 0.15) is 17.5 Å². The van der Waals surface area contributed by atoms with Gasteiger partial charge in [-0.15, -0.1) is 5.11 Å². The number of amides is 2. The van der Waals surface area contributed by atoms with Gasteiger partial charge >= 0.3 is 0 Å². The molecule has 3 aromatic rings. The Morgan fingerprint density at radius 1 is 1.11 bits per heavy atom. The molecular weight excluding hydrogens is 480 g/mol. The summed E-state index contributed by atoms with van der Waals surface area (Å²) in [6.07, 6.45) is 0.252. The number of hydrogen-bond acceptors (Lipinski definition) is 6. The van der Waals surface area contributed by atoms with Crippen LogP contribution in [-0.2, 0) is 18.3 Å². The second-order valence-corrected chi connectivity index (χ2v) is 9.07. The summed E-state index contributed by atoms with van der Waals surface area (Å²) in [5, 5.41) is 18.7. The standard InChI is InChI=1S/C26H31ClN6O3/c1-15(2)36-23-12-9-19(14-21(23)27)25(34)29-22(26(35)28-5)13-18-7-10-20(11-8-18)30-31-24-16(3)32-33(6)17(24)4/h7-12,14-15,22H,13H2,1-6H3,(H,28,35)(H,29,34)/t22-/m0/s1. The second kappa shape index (κ2) is 11.8. The number of carbonyl (C=O) groups excluding carboxylic acids is 2. The molecule has 0 bridgehead atoms. The number of aromatic nitrogens is 2. The van der Waals surface area contributed by atoms with Crippen LogP contribution < -0.4 is 15.4 Å². The number of rotatable bonds is 9. The molecule has 0 radical (unpaired) electrons. The van der Waals surface area contributed by atoms with Gasteiger partial charge in [0.2, 0.25) is 5.91 Å². The lowest BCUT2D eigenvalue weighted by atomic mass is 10.0. The summed E-state index contributed by atoms with van der Waals surface area (Å²) < 4.78 is 7.38. The van der Waals surface area contributed by atoms with E-state index in [4.69, 9.17) is 16.3 Å². The first-order valence-corrected chi connectivity index (χ1v) is 12.0. The van der Waals surface area contributed by atoms with Crippen molar-refractivity contribution in [2.45, 2.75) is 46.3 Å². The predicted octanol–water partition coefficient (Wildman–Crippen LogP) is 4.98. The zero-order chi connectivity index (χ0) is 26.4. The van der Waals surface area contributed by atoms with E-state index < -0.39 is 11.9 Å². The van der Waals surface area contributed by atoms with Crippen molar-refractivity contribution >= 4 is 34.8 Å². The molecule has 0 spiro atoms. The lowest BCUT2D eigenvalue weighted by Crippen LogP contribution is -2.47. The van der Waals surface area contributed by atoms with Crippen molar-refractivity contribution in [3.8, 4) is 5.75 Å². The Balaban J connectivity index is 1.70. The summed E-state index contributed by atoms with van der Waals surface area (Å²) in [5.41, 5.74) is 4.34. The Morgan fingerprint density at radius 3 is 2.36 bits per heavy atom. The van der Waals surface area contributed by atoms with Gasteiger partial charge in [-0.25, -0.2) is 0 Å². The number of aryl methyl sites for hydroxylation is 2. The molecule has 0 saturated heterocycles. The van der Waals surface area contributed by atoms with E-state index >= 15 is 0 Å². The quantitative estimate of drug-likeness (QED) is 0.395. The Labute approximate surface area is 215 Å². The summed E-state index contributed by atoms with van der Waals surface area (Å²) in [5.74, 6) is -0.216. The van der Waals surface area contributed by atoms with Crippen LogP contribution in [0.15, 0.2) is 52.7 Å². The fourth-order valence-corrected chi connectivity index (χ4v) is 3.79. The summed E-state index contributed by atoms with van der Waals surface area (Å²) in [4.78, 5) is 25.4. The Bertz CT molecular complexity index is 1270. The maximum Gasteiger partial charge on any atom is 0.251 e. The largest absolute Gasteiger partial charge is 0.489 e. The first-order valence-electron chi connectivity index (χ1n) is 11.6. The van der Waals surface area contributed by atoms with Gasteiger partial charge < -0.3 is 15.4 Å². The monoisotopic (exact) mass is 510 g/mol. The minimum absolute atomic E-state index is 0.0451. The number of carbonyl (C=O) groups is 2. The highest BCUT2D eigenvalue weighted by Gasteiger charge is 2.22. The average Bonchev–Trinajstić information content (AvgIpc) is 3.09. The molecule has 2 amide bonds. The average molecular weight is 511 g/mol. The van der Waals surface area contributed by atoms with Crippen LogP contribution in [-0.4, -0.2) is 40.8 Å². The van der Waals surface area contributed by atoms with E-state index in [1.54, 1.807) is 16.8 Å². The predicted molar refractivity (Wildman–Crippen MR) is 140 cm³/mol. The molecule has 0 aliphatic heterocycles. The van der Waals surface area contributed by atoms with Crippen LogP contribution in [0.4, 0.5) is 11.4 Å². The van der Waals surface area contributed by atoms with E-state index in [2.05, 4.69) is 26.0 Å². The minimum atomic E-state index is -0.777. The highest BCUT2D eigenvalue weighted by atomic mass is 35.5. The molecule has 36 heavy (non-hydrogen) atoms. The molecule has 3 rings (SSSR count). The topological polar surface area (TPSA) is 110 Å². The van der Waals surface area contributed by atoms with Crippen molar-refractivity contribution in [3.63, 3.8) is 0 Å². The molecule has 0 aliphatic carbocycles. The highest BCUT2D eigenvalue weighted by Crippen LogP contribution is 2.27. The molecule has 1 atom stereocenters. The summed E-state index contributed by atoms with van der Waals surface area (Å²) in [6.45, 7) is 7.61. The first-order chi connectivity index (χ1) is 17.1. The fourth-order valence-electron chi connectivity index (χ4n) is 3.57. The number of halogens is 1. The van der Waals surface area contributed by atoms with Crippen LogP contribution in [0.5, 0.6) is 5.75 Å². The summed E-state index contributed by atoms with van der Waals surface area (Å²) in [7, 11) is 3.39. The molecule has 1 aromatic heterocycles. The third kappa shape index (κ3) is 6.69. The highest BCUT2D eigenvalue weighted by molar-refractivity contribution is 6.32. The molecule has 0 fully saturated rings. The molecule has 0 unspecified atom stereocenters. The van der Waals surface area contributed by atoms with Crippen LogP contribution in [0.3, 0.4) is 0 Å². The van der Waals surface area contributed by atoms with Gasteiger partial charge in [-0.05, 0) is 63.6 Å². The maximum atomic E-state index is 12.9. The first kappa shape index (κ1) is 26.9. The molecule has 1 heterocycles. The van der Waals surface area contributed by atoms with E-state index in [1.165, 1.54) is 13.1 Å². The molecule has 9 nitrogen and oxygen atoms in total. The third-order valence-corrected chi connectivity index (χ3v) is 5.83. The van der Waals surface area contributed by atoms with Gasteiger partial charge in [0, 0.05) is 26.1 Å². The number of azo groups is 1. The number of likely N-dealkylation sites (N-methyl/N-ethyl adjacent to an activating group) is 1. The van der Waals surface area contributed by atoms with Crippen LogP contribution in [0.1, 0.15) is 41.2 Å². The van der Waals surface area contributed by atoms with Gasteiger partial charge in [-0.1, -0.05) is 23.7 Å². The van der Waals surface area contributed by atoms with Gasteiger partial charge in [0.25, 0.3) is 5.91 Å². The summed E-state index contributed by atoms with van der Waals surface area (Å²) >= 11 is 6.27. The lowest BCUT2D eigenvalue weighted by Gasteiger charge is -2.18. The van der Waals surface area contributed by atoms with E-state index in [9.17, 15) is 9.59 Å². The van der Waals surface area contributed by atoms with E-state index in [1.807, 2.05) is 59.0 Å². The molecule has 10 heteroatoms. The van der Waals surface area contributed by atoms with Crippen molar-refractivity contribution in [1.29, 1.82) is 0 Å². The van der Waals surface area contributed by atoms with E-state index in [0.29, 0.717) is 28.4 Å². The Morgan fingerprint density at radius 2 is 1.81 bits per heavy atom.